The summed E-state index contributed by atoms with van der Waals surface area (Å²) in [5, 5.41) is 5.01. The molecule has 0 heterocycles. The lowest BCUT2D eigenvalue weighted by Crippen LogP contribution is -2.35. The SMILES string of the molecule is CC(C)(C)OC(=O)NCCC(=O)CCNC(=O)OC(C)(C)C. The number of nitrogens with one attached hydrogen (secondary N) is 2. The van der Waals surface area contributed by atoms with Gasteiger partial charge in [-0.15, -0.1) is 0 Å². The molecule has 0 spiro atoms. The van der Waals surface area contributed by atoms with Gasteiger partial charge in [-0.05, 0) is 41.5 Å². The maximum absolute atomic E-state index is 11.6. The standard InChI is InChI=1S/C15H28N2O5/c1-14(2,3)21-12(19)16-9-7-11(18)8-10-17-13(20)22-15(4,5)6/h7-10H2,1-6H3,(H,16,19)(H,17,20). The molecule has 0 aromatic heterocycles. The van der Waals surface area contributed by atoms with Crippen molar-refractivity contribution in [2.24, 2.45) is 0 Å². The minimum absolute atomic E-state index is 0.0629. The molecular weight excluding hydrogens is 288 g/mol. The highest BCUT2D eigenvalue weighted by Gasteiger charge is 2.17. The van der Waals surface area contributed by atoms with E-state index in [1.54, 1.807) is 41.5 Å². The van der Waals surface area contributed by atoms with Gasteiger partial charge < -0.3 is 20.1 Å². The molecule has 0 atom stereocenters. The summed E-state index contributed by atoms with van der Waals surface area (Å²) in [6, 6.07) is 0. The van der Waals surface area contributed by atoms with E-state index in [1.807, 2.05) is 0 Å². The molecule has 2 N–H and O–H groups in total. The first-order valence-electron chi connectivity index (χ1n) is 7.34. The van der Waals surface area contributed by atoms with E-state index >= 15 is 0 Å². The molecule has 0 aromatic carbocycles. The summed E-state index contributed by atoms with van der Waals surface area (Å²) in [4.78, 5) is 34.3. The van der Waals surface area contributed by atoms with Crippen LogP contribution in [0.15, 0.2) is 0 Å². The lowest BCUT2D eigenvalue weighted by Gasteiger charge is -2.19. The highest BCUT2D eigenvalue weighted by Crippen LogP contribution is 2.07. The molecule has 0 aliphatic heterocycles. The third-order valence-corrected chi connectivity index (χ3v) is 2.14. The van der Waals surface area contributed by atoms with Crippen molar-refractivity contribution < 1.29 is 23.9 Å². The van der Waals surface area contributed by atoms with Gasteiger partial charge in [0.2, 0.25) is 0 Å². The topological polar surface area (TPSA) is 93.7 Å². The second kappa shape index (κ2) is 8.60. The van der Waals surface area contributed by atoms with Crippen molar-refractivity contribution in [3.05, 3.63) is 0 Å². The van der Waals surface area contributed by atoms with Crippen LogP contribution in [0.4, 0.5) is 9.59 Å². The second-order valence-electron chi connectivity index (χ2n) is 6.90. The van der Waals surface area contributed by atoms with Gasteiger partial charge in [0.25, 0.3) is 0 Å². The van der Waals surface area contributed by atoms with Gasteiger partial charge in [0.1, 0.15) is 17.0 Å². The van der Waals surface area contributed by atoms with Crippen molar-refractivity contribution in [2.75, 3.05) is 13.1 Å². The molecule has 0 fully saturated rings. The van der Waals surface area contributed by atoms with E-state index in [9.17, 15) is 14.4 Å². The molecule has 0 radical (unpaired) electrons. The number of rotatable bonds is 6. The van der Waals surface area contributed by atoms with Crippen LogP contribution < -0.4 is 10.6 Å². The van der Waals surface area contributed by atoms with Crippen molar-refractivity contribution >= 4 is 18.0 Å². The van der Waals surface area contributed by atoms with E-state index in [1.165, 1.54) is 0 Å². The number of hydrogen-bond donors (Lipinski definition) is 2. The summed E-state index contributed by atoms with van der Waals surface area (Å²) in [7, 11) is 0. The summed E-state index contributed by atoms with van der Waals surface area (Å²) in [6.07, 6.45) is -0.718. The van der Waals surface area contributed by atoms with Gasteiger partial charge >= 0.3 is 12.2 Å². The first-order valence-corrected chi connectivity index (χ1v) is 7.34. The molecule has 0 aromatic rings. The number of ether oxygens (including phenoxy) is 2. The van der Waals surface area contributed by atoms with Crippen LogP contribution in [0, 0.1) is 0 Å². The number of Topliss-reactive ketones (excluding diaryl/α,β-unsaturated/α-hetero) is 1. The van der Waals surface area contributed by atoms with Crippen molar-refractivity contribution in [1.82, 2.24) is 10.6 Å². The van der Waals surface area contributed by atoms with Crippen LogP contribution in [0.3, 0.4) is 0 Å². The quantitative estimate of drug-likeness (QED) is 0.784. The van der Waals surface area contributed by atoms with Crippen molar-refractivity contribution in [1.29, 1.82) is 0 Å². The third kappa shape index (κ3) is 13.2. The Bertz CT molecular complexity index is 358. The highest BCUT2D eigenvalue weighted by atomic mass is 16.6. The molecule has 22 heavy (non-hydrogen) atoms. The van der Waals surface area contributed by atoms with E-state index in [-0.39, 0.29) is 31.7 Å². The number of carbonyl (C=O) groups is 3. The molecule has 7 nitrogen and oxygen atoms in total. The van der Waals surface area contributed by atoms with Crippen LogP contribution >= 0.6 is 0 Å². The second-order valence-corrected chi connectivity index (χ2v) is 6.90. The van der Waals surface area contributed by atoms with Crippen LogP contribution in [0.1, 0.15) is 54.4 Å². The molecule has 0 unspecified atom stereocenters. The fraction of sp³-hybridized carbons (Fsp3) is 0.800. The lowest BCUT2D eigenvalue weighted by molar-refractivity contribution is -0.118. The molecular formula is C15H28N2O5. The minimum atomic E-state index is -0.564. The van der Waals surface area contributed by atoms with Crippen LogP contribution in [0.2, 0.25) is 0 Å². The number of carbonyl (C=O) groups excluding carboxylic acids is 3. The Balaban J connectivity index is 3.75. The number of alkyl carbamates (subject to hydrolysis) is 2. The third-order valence-electron chi connectivity index (χ3n) is 2.14. The lowest BCUT2D eigenvalue weighted by atomic mass is 10.2. The van der Waals surface area contributed by atoms with Crippen molar-refractivity contribution in [3.8, 4) is 0 Å². The number of ketones is 1. The van der Waals surface area contributed by atoms with E-state index in [0.29, 0.717) is 0 Å². The molecule has 7 heteroatoms. The Hall–Kier alpha value is -1.79. The summed E-state index contributed by atoms with van der Waals surface area (Å²) in [5.41, 5.74) is -1.13. The molecule has 0 saturated carbocycles. The van der Waals surface area contributed by atoms with Crippen LogP contribution in [0.25, 0.3) is 0 Å². The van der Waals surface area contributed by atoms with Gasteiger partial charge in [0.15, 0.2) is 0 Å². The van der Waals surface area contributed by atoms with Crippen LogP contribution in [-0.4, -0.2) is 42.3 Å². The molecule has 128 valence electrons. The number of amides is 2. The first kappa shape index (κ1) is 20.2. The maximum atomic E-state index is 11.6. The van der Waals surface area contributed by atoms with E-state index in [2.05, 4.69) is 10.6 Å². The minimum Gasteiger partial charge on any atom is -0.444 e. The van der Waals surface area contributed by atoms with Crippen molar-refractivity contribution in [2.45, 2.75) is 65.6 Å². The Morgan fingerprint density at radius 1 is 0.727 bits per heavy atom. The van der Waals surface area contributed by atoms with Crippen LogP contribution in [0.5, 0.6) is 0 Å². The molecule has 0 bridgehead atoms. The average molecular weight is 316 g/mol. The summed E-state index contributed by atoms with van der Waals surface area (Å²) >= 11 is 0. The Kier molecular flexibility index (Phi) is 7.90. The Morgan fingerprint density at radius 3 is 1.32 bits per heavy atom. The first-order chi connectivity index (χ1) is 9.89. The molecule has 0 aliphatic rings. The predicted molar refractivity (Wildman–Crippen MR) is 82.7 cm³/mol. The van der Waals surface area contributed by atoms with Gasteiger partial charge in [-0.3, -0.25) is 4.79 Å². The van der Waals surface area contributed by atoms with Crippen molar-refractivity contribution in [3.63, 3.8) is 0 Å². The summed E-state index contributed by atoms with van der Waals surface area (Å²) < 4.78 is 10.1. The van der Waals surface area contributed by atoms with Gasteiger partial charge in [-0.2, -0.15) is 0 Å². The van der Waals surface area contributed by atoms with Gasteiger partial charge in [0, 0.05) is 25.9 Å². The van der Waals surface area contributed by atoms with Gasteiger partial charge in [-0.25, -0.2) is 9.59 Å². The summed E-state index contributed by atoms with van der Waals surface area (Å²) in [5.74, 6) is -0.0629. The zero-order valence-corrected chi connectivity index (χ0v) is 14.4. The van der Waals surface area contributed by atoms with Gasteiger partial charge in [-0.1, -0.05) is 0 Å². The zero-order chi connectivity index (χ0) is 17.4. The zero-order valence-electron chi connectivity index (χ0n) is 14.4. The molecule has 0 aliphatic carbocycles. The molecule has 0 saturated heterocycles. The summed E-state index contributed by atoms with van der Waals surface area (Å²) in [6.45, 7) is 11.0. The predicted octanol–water partition coefficient (Wildman–Crippen LogP) is 2.39. The van der Waals surface area contributed by atoms with Crippen LogP contribution in [-0.2, 0) is 14.3 Å². The number of hydrogen-bond acceptors (Lipinski definition) is 5. The fourth-order valence-corrected chi connectivity index (χ4v) is 1.36. The van der Waals surface area contributed by atoms with Gasteiger partial charge in [0.05, 0.1) is 0 Å². The molecule has 2 amide bonds. The largest absolute Gasteiger partial charge is 0.444 e. The Morgan fingerprint density at radius 2 is 1.05 bits per heavy atom. The normalized spacial score (nSPS) is 11.5. The highest BCUT2D eigenvalue weighted by molar-refractivity contribution is 5.80. The average Bonchev–Trinajstić information content (AvgIpc) is 2.23. The van der Waals surface area contributed by atoms with E-state index in [4.69, 9.17) is 9.47 Å². The van der Waals surface area contributed by atoms with E-state index in [0.717, 1.165) is 0 Å². The monoisotopic (exact) mass is 316 g/mol. The maximum Gasteiger partial charge on any atom is 0.407 e. The molecule has 0 rings (SSSR count). The fourth-order valence-electron chi connectivity index (χ4n) is 1.36. The smallest absolute Gasteiger partial charge is 0.407 e. The Labute approximate surface area is 132 Å². The van der Waals surface area contributed by atoms with E-state index < -0.39 is 23.4 Å².